The van der Waals surface area contributed by atoms with Crippen LogP contribution in [0.2, 0.25) is 0 Å². The lowest BCUT2D eigenvalue weighted by atomic mass is 10.0. The monoisotopic (exact) mass is 507 g/mol. The number of hydrogen-bond donors (Lipinski definition) is 3. The highest BCUT2D eigenvalue weighted by molar-refractivity contribution is 5.93. The number of aromatic nitrogens is 3. The molecule has 2 heterocycles. The van der Waals surface area contributed by atoms with Gasteiger partial charge in [-0.2, -0.15) is 26.3 Å². The van der Waals surface area contributed by atoms with E-state index in [2.05, 4.69) is 25.6 Å². The van der Waals surface area contributed by atoms with Gasteiger partial charge in [-0.25, -0.2) is 9.97 Å². The molecule has 0 saturated carbocycles. The summed E-state index contributed by atoms with van der Waals surface area (Å²) < 4.78 is 79.2. The largest absolute Gasteiger partial charge is 0.418 e. The minimum absolute atomic E-state index is 0.131. The molecule has 0 amide bonds. The average molecular weight is 507 g/mol. The molecule has 0 aliphatic heterocycles. The molecule has 4 aromatic rings. The summed E-state index contributed by atoms with van der Waals surface area (Å²) in [5.74, 6) is 0.517. The molecular weight excluding hydrogens is 488 g/mol. The first-order valence-corrected chi connectivity index (χ1v) is 10.7. The molecule has 36 heavy (non-hydrogen) atoms. The maximum absolute atomic E-state index is 13.5. The van der Waals surface area contributed by atoms with E-state index in [-0.39, 0.29) is 42.6 Å². The molecule has 0 bridgehead atoms. The second kappa shape index (κ2) is 10.1. The van der Waals surface area contributed by atoms with Gasteiger partial charge in [0, 0.05) is 29.4 Å². The Labute approximate surface area is 201 Å². The van der Waals surface area contributed by atoms with Crippen molar-refractivity contribution in [1.29, 1.82) is 0 Å². The molecule has 0 spiro atoms. The van der Waals surface area contributed by atoms with Crippen LogP contribution in [0.5, 0.6) is 0 Å². The van der Waals surface area contributed by atoms with E-state index in [0.717, 1.165) is 18.2 Å². The molecular formula is C24H19F6N5O. The molecule has 3 N–H and O–H groups in total. The Morgan fingerprint density at radius 2 is 1.61 bits per heavy atom. The van der Waals surface area contributed by atoms with Gasteiger partial charge in [0.25, 0.3) is 0 Å². The number of nitrogens with one attached hydrogen (secondary N) is 2. The van der Waals surface area contributed by atoms with E-state index in [1.54, 1.807) is 0 Å². The third-order valence-electron chi connectivity index (χ3n) is 5.18. The van der Waals surface area contributed by atoms with Gasteiger partial charge in [-0.05, 0) is 48.5 Å². The van der Waals surface area contributed by atoms with E-state index < -0.39 is 23.5 Å². The number of benzene rings is 2. The van der Waals surface area contributed by atoms with Crippen molar-refractivity contribution in [2.45, 2.75) is 18.9 Å². The van der Waals surface area contributed by atoms with E-state index in [1.165, 1.54) is 42.6 Å². The van der Waals surface area contributed by atoms with Crippen LogP contribution in [0, 0.1) is 0 Å². The number of halogens is 6. The Morgan fingerprint density at radius 1 is 0.861 bits per heavy atom. The zero-order valence-electron chi connectivity index (χ0n) is 18.5. The third-order valence-corrected chi connectivity index (χ3v) is 5.18. The highest BCUT2D eigenvalue weighted by Crippen LogP contribution is 2.37. The molecule has 2 aromatic heterocycles. The number of fused-ring (bicyclic) bond motifs is 1. The Bertz CT molecular complexity index is 1360. The van der Waals surface area contributed by atoms with Gasteiger partial charge in [0.05, 0.1) is 35.5 Å². The molecule has 188 valence electrons. The molecule has 2 aromatic carbocycles. The molecule has 0 aliphatic rings. The van der Waals surface area contributed by atoms with Crippen LogP contribution < -0.4 is 10.6 Å². The van der Waals surface area contributed by atoms with Gasteiger partial charge < -0.3 is 15.7 Å². The first-order chi connectivity index (χ1) is 17.1. The zero-order chi connectivity index (χ0) is 25.9. The first-order valence-electron chi connectivity index (χ1n) is 10.7. The Balaban J connectivity index is 1.77. The predicted octanol–water partition coefficient (Wildman–Crippen LogP) is 5.55. The summed E-state index contributed by atoms with van der Waals surface area (Å²) in [5.41, 5.74) is -1.16. The molecule has 0 radical (unpaired) electrons. The van der Waals surface area contributed by atoms with Gasteiger partial charge in [0.2, 0.25) is 0 Å². The SMILES string of the molecule is OCCNCc1nc(Nc2ccc(C(F)(F)F)cc2)c2ccc(-c3ncccc3C(F)(F)F)cc2n1. The normalized spacial score (nSPS) is 12.2. The highest BCUT2D eigenvalue weighted by atomic mass is 19.4. The standard InChI is InChI=1S/C24H19F6N5O/c25-23(26,27)15-4-6-16(7-5-15)33-22-17-8-3-14(21-18(24(28,29)30)2-1-9-32-21)12-19(17)34-20(35-22)13-31-10-11-36/h1-9,12,31,36H,10-11,13H2,(H,33,34,35). The van der Waals surface area contributed by atoms with Crippen molar-refractivity contribution in [3.63, 3.8) is 0 Å². The molecule has 12 heteroatoms. The first kappa shape index (κ1) is 25.3. The smallest absolute Gasteiger partial charge is 0.395 e. The molecule has 0 aliphatic carbocycles. The summed E-state index contributed by atoms with van der Waals surface area (Å²) in [5, 5.41) is 15.3. The summed E-state index contributed by atoms with van der Waals surface area (Å²) in [6, 6.07) is 10.9. The van der Waals surface area contributed by atoms with Gasteiger partial charge in [0.15, 0.2) is 0 Å². The number of nitrogens with zero attached hydrogens (tertiary/aromatic N) is 3. The van der Waals surface area contributed by atoms with E-state index in [1.807, 2.05) is 0 Å². The number of aliphatic hydroxyl groups excluding tert-OH is 1. The van der Waals surface area contributed by atoms with Crippen molar-refractivity contribution < 1.29 is 31.4 Å². The molecule has 0 fully saturated rings. The maximum Gasteiger partial charge on any atom is 0.418 e. The molecule has 6 nitrogen and oxygen atoms in total. The summed E-state index contributed by atoms with van der Waals surface area (Å²) in [6.07, 6.45) is -7.84. The minimum atomic E-state index is -4.61. The van der Waals surface area contributed by atoms with Crippen LogP contribution in [0.1, 0.15) is 17.0 Å². The van der Waals surface area contributed by atoms with Crippen LogP contribution in [0.3, 0.4) is 0 Å². The minimum Gasteiger partial charge on any atom is -0.395 e. The highest BCUT2D eigenvalue weighted by Gasteiger charge is 2.34. The lowest BCUT2D eigenvalue weighted by Gasteiger charge is -2.15. The second-order valence-electron chi connectivity index (χ2n) is 7.72. The second-order valence-corrected chi connectivity index (χ2v) is 7.72. The van der Waals surface area contributed by atoms with Crippen LogP contribution in [0.4, 0.5) is 37.8 Å². The number of rotatable bonds is 7. The van der Waals surface area contributed by atoms with Crippen LogP contribution >= 0.6 is 0 Å². The molecule has 0 saturated heterocycles. The Hall–Kier alpha value is -3.77. The number of aliphatic hydroxyl groups is 1. The molecule has 0 unspecified atom stereocenters. The van der Waals surface area contributed by atoms with Crippen molar-refractivity contribution >= 4 is 22.4 Å². The van der Waals surface area contributed by atoms with Gasteiger partial charge >= 0.3 is 12.4 Å². The fourth-order valence-electron chi connectivity index (χ4n) is 3.52. The van der Waals surface area contributed by atoms with Crippen molar-refractivity contribution in [3.8, 4) is 11.3 Å². The number of pyridine rings is 1. The van der Waals surface area contributed by atoms with E-state index >= 15 is 0 Å². The number of hydrogen-bond acceptors (Lipinski definition) is 6. The number of alkyl halides is 6. The van der Waals surface area contributed by atoms with Crippen LogP contribution in [-0.2, 0) is 18.9 Å². The van der Waals surface area contributed by atoms with Crippen LogP contribution in [0.15, 0.2) is 60.8 Å². The summed E-state index contributed by atoms with van der Waals surface area (Å²) in [7, 11) is 0. The van der Waals surface area contributed by atoms with E-state index in [0.29, 0.717) is 16.6 Å². The summed E-state index contributed by atoms with van der Waals surface area (Å²) in [4.78, 5) is 12.7. The van der Waals surface area contributed by atoms with Crippen molar-refractivity contribution in [2.75, 3.05) is 18.5 Å². The predicted molar refractivity (Wildman–Crippen MR) is 121 cm³/mol. The maximum atomic E-state index is 13.5. The van der Waals surface area contributed by atoms with Gasteiger partial charge in [-0.15, -0.1) is 0 Å². The Kier molecular flexibility index (Phi) is 7.09. The lowest BCUT2D eigenvalue weighted by Crippen LogP contribution is -2.19. The van der Waals surface area contributed by atoms with Gasteiger partial charge in [0.1, 0.15) is 11.6 Å². The van der Waals surface area contributed by atoms with Crippen molar-refractivity contribution in [2.24, 2.45) is 0 Å². The fourth-order valence-corrected chi connectivity index (χ4v) is 3.52. The summed E-state index contributed by atoms with van der Waals surface area (Å²) >= 11 is 0. The quantitative estimate of drug-likeness (QED) is 0.225. The molecule has 4 rings (SSSR count). The van der Waals surface area contributed by atoms with Gasteiger partial charge in [-0.1, -0.05) is 6.07 Å². The van der Waals surface area contributed by atoms with E-state index in [4.69, 9.17) is 5.11 Å². The summed E-state index contributed by atoms with van der Waals surface area (Å²) in [6.45, 7) is 0.264. The van der Waals surface area contributed by atoms with Crippen LogP contribution in [-0.4, -0.2) is 33.2 Å². The average Bonchev–Trinajstić information content (AvgIpc) is 2.83. The topological polar surface area (TPSA) is 83.0 Å². The van der Waals surface area contributed by atoms with E-state index in [9.17, 15) is 26.3 Å². The fraction of sp³-hybridized carbons (Fsp3) is 0.208. The zero-order valence-corrected chi connectivity index (χ0v) is 18.5. The molecule has 0 atom stereocenters. The lowest BCUT2D eigenvalue weighted by molar-refractivity contribution is -0.138. The van der Waals surface area contributed by atoms with Crippen molar-refractivity contribution in [3.05, 3.63) is 77.7 Å². The van der Waals surface area contributed by atoms with Gasteiger partial charge in [-0.3, -0.25) is 4.98 Å². The third kappa shape index (κ3) is 5.71. The van der Waals surface area contributed by atoms with Crippen LogP contribution in [0.25, 0.3) is 22.2 Å². The van der Waals surface area contributed by atoms with Crippen molar-refractivity contribution in [1.82, 2.24) is 20.3 Å². The number of anilines is 2. The Morgan fingerprint density at radius 3 is 2.28 bits per heavy atom.